The highest BCUT2D eigenvalue weighted by Crippen LogP contribution is 2.47. The van der Waals surface area contributed by atoms with Crippen LogP contribution in [0.5, 0.6) is 5.75 Å². The molecule has 0 aromatic heterocycles. The normalized spacial score (nSPS) is 30.3. The zero-order valence-corrected chi connectivity index (χ0v) is 28.8. The summed E-state index contributed by atoms with van der Waals surface area (Å²) in [5.74, 6) is -0.473. The number of hydrogen-bond donors (Lipinski definition) is 2. The number of sulfonamides is 1. The molecule has 4 aliphatic rings. The number of aryl methyl sites for hydroxylation is 1. The summed E-state index contributed by atoms with van der Waals surface area (Å²) in [6.07, 6.45) is 9.68. The highest BCUT2D eigenvalue weighted by atomic mass is 35.5. The van der Waals surface area contributed by atoms with Crippen molar-refractivity contribution in [2.75, 3.05) is 51.6 Å². The van der Waals surface area contributed by atoms with E-state index >= 15 is 0 Å². The van der Waals surface area contributed by atoms with Gasteiger partial charge < -0.3 is 24.4 Å². The fourth-order valence-electron chi connectivity index (χ4n) is 7.85. The summed E-state index contributed by atoms with van der Waals surface area (Å²) in [5, 5.41) is 12.8. The van der Waals surface area contributed by atoms with Gasteiger partial charge in [-0.1, -0.05) is 35.9 Å². The number of nitrogens with zero attached hydrogens (tertiary/aromatic N) is 2. The van der Waals surface area contributed by atoms with Crippen LogP contribution in [-0.2, 0) is 41.8 Å². The second-order valence-electron chi connectivity index (χ2n) is 13.8. The molecule has 2 N–H and O–H groups in total. The SMILES string of the molecule is CO[C@H]1/C=C/CCN(C)C(=O)C[C@](O)(C(=O)NS(C)(=O)=O)c2ccc3c(c2)N(C[C@@H]2CC[C@H]21)C[C@@]1(CCCc2cc(Cl)ccc21)CO3. The summed E-state index contributed by atoms with van der Waals surface area (Å²) in [4.78, 5) is 30.7. The molecular weight excluding hydrogens is 642 g/mol. The third-order valence-electron chi connectivity index (χ3n) is 10.6. The Morgan fingerprint density at radius 2 is 2.00 bits per heavy atom. The van der Waals surface area contributed by atoms with Gasteiger partial charge in [0.2, 0.25) is 15.9 Å². The van der Waals surface area contributed by atoms with Crippen LogP contribution in [0.15, 0.2) is 48.6 Å². The summed E-state index contributed by atoms with van der Waals surface area (Å²) in [5.41, 5.74) is 0.449. The number of rotatable bonds is 3. The van der Waals surface area contributed by atoms with Crippen molar-refractivity contribution in [3.8, 4) is 5.75 Å². The second-order valence-corrected chi connectivity index (χ2v) is 15.9. The number of carbonyl (C=O) groups excluding carboxylic acids is 2. The van der Waals surface area contributed by atoms with Crippen molar-refractivity contribution in [2.45, 2.75) is 62.1 Å². The quantitative estimate of drug-likeness (QED) is 0.466. The average molecular weight is 686 g/mol. The number of hydrogen-bond acceptors (Lipinski definition) is 8. The van der Waals surface area contributed by atoms with E-state index in [1.807, 2.05) is 22.9 Å². The first-order valence-corrected chi connectivity index (χ1v) is 18.6. The smallest absolute Gasteiger partial charge is 0.270 e. The van der Waals surface area contributed by atoms with Crippen molar-refractivity contribution < 1.29 is 32.6 Å². The molecule has 2 bridgehead atoms. The van der Waals surface area contributed by atoms with E-state index in [0.717, 1.165) is 38.4 Å². The number of methoxy groups -OCH3 is 1. The summed E-state index contributed by atoms with van der Waals surface area (Å²) in [6, 6.07) is 11.1. The highest BCUT2D eigenvalue weighted by molar-refractivity contribution is 7.89. The first kappa shape index (κ1) is 33.8. The molecule has 2 aromatic rings. The van der Waals surface area contributed by atoms with E-state index in [2.05, 4.69) is 17.0 Å². The van der Waals surface area contributed by atoms with Gasteiger partial charge >= 0.3 is 0 Å². The van der Waals surface area contributed by atoms with E-state index in [0.29, 0.717) is 61.0 Å². The van der Waals surface area contributed by atoms with Gasteiger partial charge in [-0.3, -0.25) is 14.3 Å². The van der Waals surface area contributed by atoms with Crippen LogP contribution in [-0.4, -0.2) is 83.0 Å². The molecule has 2 aliphatic carbocycles. The van der Waals surface area contributed by atoms with Gasteiger partial charge in [0.15, 0.2) is 5.60 Å². The van der Waals surface area contributed by atoms with E-state index in [1.54, 1.807) is 32.4 Å². The van der Waals surface area contributed by atoms with Crippen LogP contribution < -0.4 is 14.4 Å². The number of ether oxygens (including phenoxy) is 2. The van der Waals surface area contributed by atoms with Gasteiger partial charge in [-0.2, -0.15) is 0 Å². The first-order chi connectivity index (χ1) is 22.3. The van der Waals surface area contributed by atoms with Crippen LogP contribution in [0.3, 0.4) is 0 Å². The van der Waals surface area contributed by atoms with E-state index in [1.165, 1.54) is 16.0 Å². The molecular formula is C35H44ClN3O7S. The Hall–Kier alpha value is -3.12. The summed E-state index contributed by atoms with van der Waals surface area (Å²) < 4.78 is 38.8. The average Bonchev–Trinajstić information content (AvgIpc) is 3.15. The monoisotopic (exact) mass is 685 g/mol. The lowest BCUT2D eigenvalue weighted by molar-refractivity contribution is -0.148. The molecule has 0 radical (unpaired) electrons. The van der Waals surface area contributed by atoms with Crippen molar-refractivity contribution in [1.29, 1.82) is 0 Å². The van der Waals surface area contributed by atoms with Crippen molar-refractivity contribution >= 4 is 39.1 Å². The summed E-state index contributed by atoms with van der Waals surface area (Å²) >= 11 is 6.42. The highest BCUT2D eigenvalue weighted by Gasteiger charge is 2.46. The predicted molar refractivity (Wildman–Crippen MR) is 180 cm³/mol. The maximum atomic E-state index is 13.5. The molecule has 254 valence electrons. The first-order valence-electron chi connectivity index (χ1n) is 16.3. The standard InChI is InChI=1S/C35H44ClN3O7S/c1-38-16-5-4-8-30(45-2)27-12-9-24(27)20-39-21-34(15-6-7-23-17-26(36)11-13-28(23)34)22-46-31-14-10-25(18-29(31)39)35(42,19-32(38)40)33(41)37-47(3,43)44/h4,8,10-11,13-14,17-18,24,27,30,42H,5-7,9,12,15-16,19-22H2,1-3H3,(H,37,41)/b8-4+/t24-,27+,30-,34-,35+/m0/s1. The van der Waals surface area contributed by atoms with Crippen molar-refractivity contribution in [1.82, 2.24) is 9.62 Å². The molecule has 1 spiro atoms. The van der Waals surface area contributed by atoms with Crippen molar-refractivity contribution in [3.63, 3.8) is 0 Å². The van der Waals surface area contributed by atoms with Gasteiger partial charge in [0.05, 0.1) is 31.1 Å². The third-order valence-corrected chi connectivity index (χ3v) is 11.4. The van der Waals surface area contributed by atoms with Gasteiger partial charge in [0.1, 0.15) is 5.75 Å². The number of nitrogens with one attached hydrogen (secondary N) is 1. The van der Waals surface area contributed by atoms with Gasteiger partial charge in [0.25, 0.3) is 5.91 Å². The minimum atomic E-state index is -4.04. The Morgan fingerprint density at radius 1 is 1.19 bits per heavy atom. The van der Waals surface area contributed by atoms with Crippen LogP contribution in [0, 0.1) is 11.8 Å². The summed E-state index contributed by atoms with van der Waals surface area (Å²) in [6.45, 7) is 2.11. The van der Waals surface area contributed by atoms with Gasteiger partial charge in [-0.25, -0.2) is 8.42 Å². The fourth-order valence-corrected chi connectivity index (χ4v) is 8.55. The van der Waals surface area contributed by atoms with E-state index in [-0.39, 0.29) is 17.1 Å². The molecule has 5 atom stereocenters. The zero-order chi connectivity index (χ0) is 33.6. The molecule has 0 saturated heterocycles. The third kappa shape index (κ3) is 6.77. The molecule has 1 fully saturated rings. The van der Waals surface area contributed by atoms with Crippen LogP contribution >= 0.6 is 11.6 Å². The van der Waals surface area contributed by atoms with Crippen LogP contribution in [0.25, 0.3) is 0 Å². The maximum absolute atomic E-state index is 13.5. The maximum Gasteiger partial charge on any atom is 0.270 e. The molecule has 0 unspecified atom stereocenters. The van der Waals surface area contributed by atoms with Crippen LogP contribution in [0.1, 0.15) is 55.2 Å². The molecule has 47 heavy (non-hydrogen) atoms. The number of halogens is 1. The van der Waals surface area contributed by atoms with E-state index < -0.39 is 33.9 Å². The molecule has 2 heterocycles. The van der Waals surface area contributed by atoms with Crippen molar-refractivity contribution in [2.24, 2.45) is 11.8 Å². The largest absolute Gasteiger partial charge is 0.490 e. The predicted octanol–water partition coefficient (Wildman–Crippen LogP) is 3.93. The Balaban J connectivity index is 1.48. The Labute approximate surface area is 282 Å². The fraction of sp³-hybridized carbons (Fsp3) is 0.543. The summed E-state index contributed by atoms with van der Waals surface area (Å²) in [7, 11) is -0.697. The molecule has 12 heteroatoms. The Bertz CT molecular complexity index is 1680. The minimum absolute atomic E-state index is 0.0621. The molecule has 2 aromatic carbocycles. The molecule has 10 nitrogen and oxygen atoms in total. The molecule has 2 aliphatic heterocycles. The Kier molecular flexibility index (Phi) is 9.38. The lowest BCUT2D eigenvalue weighted by atomic mass is 9.68. The molecule has 6 rings (SSSR count). The lowest BCUT2D eigenvalue weighted by Crippen LogP contribution is -2.50. The number of fused-ring (bicyclic) bond motifs is 4. The zero-order valence-electron chi connectivity index (χ0n) is 27.2. The van der Waals surface area contributed by atoms with Crippen LogP contribution in [0.4, 0.5) is 5.69 Å². The molecule has 1 saturated carbocycles. The van der Waals surface area contributed by atoms with Crippen LogP contribution in [0.2, 0.25) is 5.02 Å². The van der Waals surface area contributed by atoms with Crippen molar-refractivity contribution in [3.05, 3.63) is 70.3 Å². The number of anilines is 1. The second kappa shape index (κ2) is 13.1. The lowest BCUT2D eigenvalue weighted by Gasteiger charge is -2.46. The van der Waals surface area contributed by atoms with Gasteiger partial charge in [0, 0.05) is 44.2 Å². The van der Waals surface area contributed by atoms with E-state index in [4.69, 9.17) is 21.1 Å². The number of amides is 2. The van der Waals surface area contributed by atoms with Gasteiger partial charge in [-0.15, -0.1) is 0 Å². The molecule has 2 amide bonds. The topological polar surface area (TPSA) is 125 Å². The number of benzene rings is 2. The van der Waals surface area contributed by atoms with E-state index in [9.17, 15) is 23.1 Å². The van der Waals surface area contributed by atoms with Gasteiger partial charge in [-0.05, 0) is 91.3 Å². The number of carbonyl (C=O) groups is 2. The minimum Gasteiger partial charge on any atom is -0.490 e. The Morgan fingerprint density at radius 3 is 2.72 bits per heavy atom. The number of aliphatic hydroxyl groups is 1.